The molecular weight excluding hydrogens is 787 g/mol. The van der Waals surface area contributed by atoms with E-state index in [4.69, 9.17) is 18.5 Å². The fraction of sp³-hybridized carbons (Fsp3) is 0.681. The first-order valence-electron chi connectivity index (χ1n) is 22.4. The quantitative estimate of drug-likeness (QED) is 0.0152. The molecule has 0 aromatic carbocycles. The number of ether oxygens (including phenoxy) is 2. The summed E-state index contributed by atoms with van der Waals surface area (Å²) in [5.41, 5.74) is 0. The number of aliphatic hydroxyl groups excluding tert-OH is 5. The molecule has 6 atom stereocenters. The first kappa shape index (κ1) is 55.5. The largest absolute Gasteiger partial charge is 0.472 e. The molecule has 0 spiro atoms. The molecule has 13 heteroatoms. The number of carbonyl (C=O) groups excluding carboxylic acids is 1. The zero-order chi connectivity index (χ0) is 44.1. The molecule has 6 N–H and O–H groups in total. The molecule has 0 saturated heterocycles. The monoisotopic (exact) mass is 867 g/mol. The Morgan fingerprint density at radius 2 is 0.933 bits per heavy atom. The number of allylic oxidation sites excluding steroid dienone is 14. The summed E-state index contributed by atoms with van der Waals surface area (Å²) in [6.45, 7) is 3.95. The maximum Gasteiger partial charge on any atom is 0.472 e. The third kappa shape index (κ3) is 28.9. The highest BCUT2D eigenvalue weighted by molar-refractivity contribution is 7.47. The molecule has 0 aromatic heterocycles. The molecule has 344 valence electrons. The normalized spacial score (nSPS) is 23.1. The van der Waals surface area contributed by atoms with Gasteiger partial charge in [0.2, 0.25) is 0 Å². The van der Waals surface area contributed by atoms with E-state index in [0.717, 1.165) is 116 Å². The minimum Gasteiger partial charge on any atom is -0.457 e. The van der Waals surface area contributed by atoms with E-state index in [-0.39, 0.29) is 13.0 Å². The number of carbonyl (C=O) groups is 1. The fourth-order valence-electron chi connectivity index (χ4n) is 6.24. The summed E-state index contributed by atoms with van der Waals surface area (Å²) in [5, 5.41) is 50.2. The summed E-state index contributed by atoms with van der Waals surface area (Å²) in [5.74, 6) is -0.506. The summed E-state index contributed by atoms with van der Waals surface area (Å²) in [6.07, 6.45) is 36.5. The second kappa shape index (κ2) is 37.1. The highest BCUT2D eigenvalue weighted by Crippen LogP contribution is 2.47. The van der Waals surface area contributed by atoms with Gasteiger partial charge in [0.15, 0.2) is 0 Å². The lowest BCUT2D eigenvalue weighted by Gasteiger charge is -2.41. The number of unbranched alkanes of at least 4 members (excludes halogenated alkanes) is 10. The number of aliphatic hydroxyl groups is 5. The van der Waals surface area contributed by atoms with Crippen LogP contribution in [0.15, 0.2) is 85.1 Å². The van der Waals surface area contributed by atoms with Crippen LogP contribution in [0.2, 0.25) is 0 Å². The molecule has 0 bridgehead atoms. The van der Waals surface area contributed by atoms with Gasteiger partial charge in [-0.2, -0.15) is 0 Å². The van der Waals surface area contributed by atoms with Gasteiger partial charge in [-0.1, -0.05) is 137 Å². The second-order valence-electron chi connectivity index (χ2n) is 15.1. The van der Waals surface area contributed by atoms with Crippen LogP contribution in [-0.2, 0) is 27.9 Å². The van der Waals surface area contributed by atoms with Gasteiger partial charge in [0.25, 0.3) is 0 Å². The van der Waals surface area contributed by atoms with Crippen LogP contribution in [0.5, 0.6) is 0 Å². The van der Waals surface area contributed by atoms with Gasteiger partial charge in [0.1, 0.15) is 42.7 Å². The second-order valence-corrected chi connectivity index (χ2v) is 16.5. The van der Waals surface area contributed by atoms with Crippen molar-refractivity contribution in [2.24, 2.45) is 0 Å². The van der Waals surface area contributed by atoms with Crippen molar-refractivity contribution < 1.29 is 58.3 Å². The van der Waals surface area contributed by atoms with Crippen LogP contribution in [0.3, 0.4) is 0 Å². The maximum atomic E-state index is 12.8. The Hall–Kier alpha value is -2.48. The van der Waals surface area contributed by atoms with Crippen LogP contribution in [0, 0.1) is 0 Å². The Labute approximate surface area is 361 Å². The summed E-state index contributed by atoms with van der Waals surface area (Å²) in [7, 11) is -5.03. The van der Waals surface area contributed by atoms with Gasteiger partial charge in [-0.3, -0.25) is 13.8 Å². The molecule has 60 heavy (non-hydrogen) atoms. The third-order valence-corrected chi connectivity index (χ3v) is 10.7. The van der Waals surface area contributed by atoms with E-state index in [0.29, 0.717) is 13.0 Å². The zero-order valence-electron chi connectivity index (χ0n) is 36.5. The van der Waals surface area contributed by atoms with Crippen molar-refractivity contribution in [1.29, 1.82) is 0 Å². The Morgan fingerprint density at radius 1 is 0.533 bits per heavy atom. The molecule has 0 aromatic rings. The van der Waals surface area contributed by atoms with E-state index in [9.17, 15) is 39.8 Å². The average molecular weight is 867 g/mol. The van der Waals surface area contributed by atoms with E-state index in [1.807, 2.05) is 0 Å². The van der Waals surface area contributed by atoms with Crippen LogP contribution < -0.4 is 0 Å². The minimum absolute atomic E-state index is 0.102. The molecular formula is C47H79O12P. The van der Waals surface area contributed by atoms with Gasteiger partial charge in [0, 0.05) is 13.0 Å². The van der Waals surface area contributed by atoms with Crippen molar-refractivity contribution in [3.05, 3.63) is 85.1 Å². The number of hydrogen-bond donors (Lipinski definition) is 6. The Balaban J connectivity index is 2.44. The Bertz CT molecular complexity index is 1310. The molecule has 0 aliphatic heterocycles. The lowest BCUT2D eigenvalue weighted by atomic mass is 9.85. The molecule has 1 rings (SSSR count). The van der Waals surface area contributed by atoms with E-state index in [1.54, 1.807) is 0 Å². The lowest BCUT2D eigenvalue weighted by molar-refractivity contribution is -0.220. The summed E-state index contributed by atoms with van der Waals surface area (Å²) in [4.78, 5) is 23.1. The van der Waals surface area contributed by atoms with Crippen LogP contribution in [0.1, 0.15) is 142 Å². The molecule has 12 nitrogen and oxygen atoms in total. The minimum atomic E-state index is -5.03. The van der Waals surface area contributed by atoms with Crippen LogP contribution >= 0.6 is 7.82 Å². The Kier molecular flexibility index (Phi) is 34.3. The zero-order valence-corrected chi connectivity index (χ0v) is 37.4. The molecule has 0 amide bonds. The van der Waals surface area contributed by atoms with E-state index in [2.05, 4.69) is 98.9 Å². The topological polar surface area (TPSA) is 192 Å². The van der Waals surface area contributed by atoms with Crippen LogP contribution in [-0.4, -0.2) is 98.9 Å². The van der Waals surface area contributed by atoms with Crippen LogP contribution in [0.25, 0.3) is 0 Å². The van der Waals surface area contributed by atoms with Crippen molar-refractivity contribution in [3.8, 4) is 0 Å². The van der Waals surface area contributed by atoms with Gasteiger partial charge < -0.3 is 39.9 Å². The summed E-state index contributed by atoms with van der Waals surface area (Å²) in [6, 6.07) is 0. The first-order chi connectivity index (χ1) is 29.0. The fourth-order valence-corrected chi connectivity index (χ4v) is 7.21. The van der Waals surface area contributed by atoms with Gasteiger partial charge in [-0.15, -0.1) is 0 Å². The van der Waals surface area contributed by atoms with Crippen molar-refractivity contribution in [3.63, 3.8) is 0 Å². The number of phosphoric acid groups is 1. The highest BCUT2D eigenvalue weighted by Gasteiger charge is 2.51. The molecule has 1 aliphatic carbocycles. The Morgan fingerprint density at radius 3 is 1.42 bits per heavy atom. The predicted molar refractivity (Wildman–Crippen MR) is 239 cm³/mol. The number of phosphoric ester groups is 1. The molecule has 1 aliphatic rings. The summed E-state index contributed by atoms with van der Waals surface area (Å²) >= 11 is 0. The van der Waals surface area contributed by atoms with Gasteiger partial charge >= 0.3 is 13.8 Å². The molecule has 1 fully saturated rings. The van der Waals surface area contributed by atoms with Gasteiger partial charge in [0.05, 0.1) is 13.2 Å². The molecule has 0 radical (unpaired) electrons. The molecule has 0 heterocycles. The molecule has 6 unspecified atom stereocenters. The van der Waals surface area contributed by atoms with Crippen molar-refractivity contribution in [2.45, 2.75) is 185 Å². The highest BCUT2D eigenvalue weighted by atomic mass is 31.2. The first-order valence-corrected chi connectivity index (χ1v) is 23.9. The SMILES string of the molecule is CC/C=C\C/C=C\C/C=C\C/C=C\CCCCCCCOCC(COP(=O)(O)OC1C(O)C(O)C(O)C(O)C1O)OC(=O)CCCCCCC/C=C\C/C=C\C/C=C\CC. The standard InChI is InChI=1S/C47H79O12P/c1-3-5-7-9-11-13-15-17-19-20-21-23-25-27-29-31-33-35-37-56-38-40(39-57-60(54,55)59-47-45(52)43(50)42(49)44(51)46(47)53)58-41(48)36-34-32-30-28-26-24-22-18-16-14-12-10-8-6-4-2/h5-8,11-14,17-19,21-23,40,42-47,49-53H,3-4,9-10,15-16,20,24-39H2,1-2H3,(H,54,55)/b7-5-,8-6-,13-11-,14-12-,19-17-,22-18-,23-21-. The van der Waals surface area contributed by atoms with E-state index in [1.165, 1.54) is 0 Å². The molecule has 1 saturated carbocycles. The average Bonchev–Trinajstić information content (AvgIpc) is 3.23. The van der Waals surface area contributed by atoms with Crippen molar-refractivity contribution in [2.75, 3.05) is 19.8 Å². The lowest BCUT2D eigenvalue weighted by Crippen LogP contribution is -2.64. The number of hydrogen-bond acceptors (Lipinski definition) is 11. The smallest absolute Gasteiger partial charge is 0.457 e. The van der Waals surface area contributed by atoms with Gasteiger partial charge in [-0.25, -0.2) is 4.57 Å². The van der Waals surface area contributed by atoms with Crippen molar-refractivity contribution in [1.82, 2.24) is 0 Å². The van der Waals surface area contributed by atoms with Crippen LogP contribution in [0.4, 0.5) is 0 Å². The van der Waals surface area contributed by atoms with Crippen molar-refractivity contribution >= 4 is 13.8 Å². The van der Waals surface area contributed by atoms with E-state index >= 15 is 0 Å². The maximum absolute atomic E-state index is 12.8. The predicted octanol–water partition coefficient (Wildman–Crippen LogP) is 8.97. The number of esters is 1. The van der Waals surface area contributed by atoms with Gasteiger partial charge in [-0.05, 0) is 83.5 Å². The number of rotatable bonds is 36. The summed E-state index contributed by atoms with van der Waals surface area (Å²) < 4.78 is 34.1. The van der Waals surface area contributed by atoms with E-state index < -0.39 is 63.1 Å². The third-order valence-electron chi connectivity index (χ3n) is 9.76.